The third kappa shape index (κ3) is 4.60. The van der Waals surface area contributed by atoms with Gasteiger partial charge in [0, 0.05) is 28.7 Å². The van der Waals surface area contributed by atoms with Crippen molar-refractivity contribution in [2.24, 2.45) is 0 Å². The Balaban J connectivity index is 1.81. The number of thiocarbonyl (C=S) groups is 1. The van der Waals surface area contributed by atoms with E-state index >= 15 is 0 Å². The largest absolute Gasteiger partial charge is 0.488 e. The summed E-state index contributed by atoms with van der Waals surface area (Å²) < 4.78 is 7.30. The monoisotopic (exact) mass is 478 g/mol. The van der Waals surface area contributed by atoms with Crippen molar-refractivity contribution in [2.45, 2.75) is 13.5 Å². The van der Waals surface area contributed by atoms with Gasteiger partial charge >= 0.3 is 0 Å². The second-order valence-corrected chi connectivity index (χ2v) is 8.41. The molecule has 0 unspecified atom stereocenters. The molecule has 0 N–H and O–H groups in total. The predicted octanol–water partition coefficient (Wildman–Crippen LogP) is 5.16. The van der Waals surface area contributed by atoms with Crippen LogP contribution >= 0.6 is 39.9 Å². The van der Waals surface area contributed by atoms with Gasteiger partial charge in [-0.15, -0.1) is 0 Å². The van der Waals surface area contributed by atoms with Crippen molar-refractivity contribution in [2.75, 3.05) is 6.54 Å². The highest BCUT2D eigenvalue weighted by Gasteiger charge is 2.30. The van der Waals surface area contributed by atoms with Crippen molar-refractivity contribution < 1.29 is 14.5 Å². The maximum Gasteiger partial charge on any atom is 0.269 e. The number of rotatable bonds is 6. The van der Waals surface area contributed by atoms with E-state index in [-0.39, 0.29) is 18.2 Å². The van der Waals surface area contributed by atoms with Crippen molar-refractivity contribution in [3.8, 4) is 5.75 Å². The van der Waals surface area contributed by atoms with Crippen LogP contribution in [0.2, 0.25) is 0 Å². The average Bonchev–Trinajstić information content (AvgIpc) is 2.94. The number of carbonyl (C=O) groups is 1. The molecule has 1 heterocycles. The molecular weight excluding hydrogens is 464 g/mol. The molecule has 2 aromatic rings. The number of ether oxygens (including phenoxy) is 1. The minimum Gasteiger partial charge on any atom is -0.488 e. The maximum absolute atomic E-state index is 12.5. The summed E-state index contributed by atoms with van der Waals surface area (Å²) in [7, 11) is 0. The van der Waals surface area contributed by atoms with Gasteiger partial charge in [0.1, 0.15) is 16.7 Å². The third-order valence-electron chi connectivity index (χ3n) is 3.99. The Labute approximate surface area is 179 Å². The van der Waals surface area contributed by atoms with Crippen molar-refractivity contribution in [1.29, 1.82) is 0 Å². The smallest absolute Gasteiger partial charge is 0.269 e. The van der Waals surface area contributed by atoms with Gasteiger partial charge < -0.3 is 4.74 Å². The fourth-order valence-corrected chi connectivity index (χ4v) is 4.31. The van der Waals surface area contributed by atoms with E-state index in [9.17, 15) is 14.9 Å². The van der Waals surface area contributed by atoms with Crippen LogP contribution in [0, 0.1) is 10.1 Å². The molecule has 2 aromatic carbocycles. The lowest BCUT2D eigenvalue weighted by atomic mass is 10.1. The predicted molar refractivity (Wildman–Crippen MR) is 117 cm³/mol. The zero-order chi connectivity index (χ0) is 20.3. The maximum atomic E-state index is 12.5. The van der Waals surface area contributed by atoms with Gasteiger partial charge in [-0.1, -0.05) is 39.9 Å². The summed E-state index contributed by atoms with van der Waals surface area (Å²) in [6, 6.07) is 11.7. The zero-order valence-electron chi connectivity index (χ0n) is 14.8. The van der Waals surface area contributed by atoms with E-state index in [1.165, 1.54) is 23.9 Å². The molecule has 1 amide bonds. The number of hydrogen-bond acceptors (Lipinski definition) is 6. The van der Waals surface area contributed by atoms with Crippen LogP contribution in [0.1, 0.15) is 18.1 Å². The molecule has 0 aliphatic carbocycles. The second kappa shape index (κ2) is 8.85. The number of nitro groups is 1. The minimum absolute atomic E-state index is 0.0334. The van der Waals surface area contributed by atoms with E-state index in [1.807, 2.05) is 25.1 Å². The first-order valence-electron chi connectivity index (χ1n) is 8.30. The molecule has 1 aliphatic heterocycles. The molecule has 0 bridgehead atoms. The summed E-state index contributed by atoms with van der Waals surface area (Å²) in [5.74, 6) is 0.488. The minimum atomic E-state index is -0.441. The van der Waals surface area contributed by atoms with E-state index in [0.717, 1.165) is 15.6 Å². The second-order valence-electron chi connectivity index (χ2n) is 5.82. The Kier molecular flexibility index (Phi) is 6.48. The first kappa shape index (κ1) is 20.5. The van der Waals surface area contributed by atoms with E-state index in [4.69, 9.17) is 17.0 Å². The molecule has 3 rings (SSSR count). The molecule has 1 aliphatic rings. The van der Waals surface area contributed by atoms with Crippen LogP contribution in [0.4, 0.5) is 5.69 Å². The Morgan fingerprint density at radius 3 is 2.61 bits per heavy atom. The normalized spacial score (nSPS) is 15.4. The number of benzene rings is 2. The van der Waals surface area contributed by atoms with Crippen molar-refractivity contribution in [3.05, 3.63) is 73.1 Å². The van der Waals surface area contributed by atoms with Gasteiger partial charge in [0.15, 0.2) is 0 Å². The topological polar surface area (TPSA) is 72.7 Å². The standard InChI is InChI=1S/C19H15BrN2O4S2/c1-2-21-18(23)17(28-19(21)27)10-13-9-14(20)5-8-16(13)26-11-12-3-6-15(7-4-12)22(24)25/h3-10H,2,11H2,1H3. The van der Waals surface area contributed by atoms with Crippen LogP contribution in [0.15, 0.2) is 51.8 Å². The average molecular weight is 479 g/mol. The molecule has 28 heavy (non-hydrogen) atoms. The van der Waals surface area contributed by atoms with Gasteiger partial charge in [-0.05, 0) is 48.9 Å². The molecule has 9 heteroatoms. The molecule has 0 spiro atoms. The van der Waals surface area contributed by atoms with E-state index in [0.29, 0.717) is 21.5 Å². The Bertz CT molecular complexity index is 976. The molecule has 0 atom stereocenters. The molecule has 6 nitrogen and oxygen atoms in total. The zero-order valence-corrected chi connectivity index (χ0v) is 18.0. The molecule has 0 aromatic heterocycles. The van der Waals surface area contributed by atoms with Gasteiger partial charge in [-0.2, -0.15) is 0 Å². The van der Waals surface area contributed by atoms with E-state index in [2.05, 4.69) is 15.9 Å². The Hall–Kier alpha value is -2.23. The quantitative estimate of drug-likeness (QED) is 0.247. The van der Waals surface area contributed by atoms with Crippen LogP contribution in [0.25, 0.3) is 6.08 Å². The van der Waals surface area contributed by atoms with Crippen molar-refractivity contribution in [1.82, 2.24) is 4.90 Å². The summed E-state index contributed by atoms with van der Waals surface area (Å²) >= 11 is 9.96. The highest BCUT2D eigenvalue weighted by atomic mass is 79.9. The summed E-state index contributed by atoms with van der Waals surface area (Å²) in [4.78, 5) is 24.9. The lowest BCUT2D eigenvalue weighted by Crippen LogP contribution is -2.27. The molecule has 0 saturated carbocycles. The van der Waals surface area contributed by atoms with Crippen LogP contribution in [0.5, 0.6) is 5.75 Å². The Morgan fingerprint density at radius 1 is 1.29 bits per heavy atom. The fraction of sp³-hybridized carbons (Fsp3) is 0.158. The SMILES string of the molecule is CCN1C(=O)C(=Cc2cc(Br)ccc2OCc2ccc([N+](=O)[O-])cc2)SC1=S. The van der Waals surface area contributed by atoms with Crippen LogP contribution in [0.3, 0.4) is 0 Å². The number of thioether (sulfide) groups is 1. The summed E-state index contributed by atoms with van der Waals surface area (Å²) in [5.41, 5.74) is 1.58. The number of likely N-dealkylation sites (N-methyl/N-ethyl adjacent to an activating group) is 1. The number of non-ortho nitro benzene ring substituents is 1. The van der Waals surface area contributed by atoms with Crippen molar-refractivity contribution >= 4 is 61.9 Å². The highest BCUT2D eigenvalue weighted by Crippen LogP contribution is 2.35. The van der Waals surface area contributed by atoms with E-state index in [1.54, 1.807) is 23.1 Å². The first-order valence-corrected chi connectivity index (χ1v) is 10.3. The van der Waals surface area contributed by atoms with Gasteiger partial charge in [0.05, 0.1) is 9.83 Å². The van der Waals surface area contributed by atoms with Crippen molar-refractivity contribution in [3.63, 3.8) is 0 Å². The lowest BCUT2D eigenvalue weighted by Gasteiger charge is -2.11. The number of carbonyl (C=O) groups excluding carboxylic acids is 1. The number of nitro benzene ring substituents is 1. The number of hydrogen-bond donors (Lipinski definition) is 0. The van der Waals surface area contributed by atoms with Crippen LogP contribution in [-0.2, 0) is 11.4 Å². The van der Waals surface area contributed by atoms with Gasteiger partial charge in [-0.25, -0.2) is 0 Å². The highest BCUT2D eigenvalue weighted by molar-refractivity contribution is 9.10. The molecule has 1 saturated heterocycles. The number of halogens is 1. The van der Waals surface area contributed by atoms with Gasteiger partial charge in [0.25, 0.3) is 11.6 Å². The lowest BCUT2D eigenvalue weighted by molar-refractivity contribution is -0.384. The molecule has 1 fully saturated rings. The third-order valence-corrected chi connectivity index (χ3v) is 5.86. The fourth-order valence-electron chi connectivity index (χ4n) is 2.55. The molecule has 144 valence electrons. The van der Waals surface area contributed by atoms with Gasteiger partial charge in [-0.3, -0.25) is 19.8 Å². The van der Waals surface area contributed by atoms with E-state index < -0.39 is 4.92 Å². The summed E-state index contributed by atoms with van der Waals surface area (Å²) in [6.45, 7) is 2.66. The number of amides is 1. The van der Waals surface area contributed by atoms with Gasteiger partial charge in [0.2, 0.25) is 0 Å². The molecular formula is C19H15BrN2O4S2. The summed E-state index contributed by atoms with van der Waals surface area (Å²) in [6.07, 6.45) is 1.77. The molecule has 0 radical (unpaired) electrons. The summed E-state index contributed by atoms with van der Waals surface area (Å²) in [5, 5.41) is 10.7. The van der Waals surface area contributed by atoms with Crippen LogP contribution < -0.4 is 4.74 Å². The number of nitrogens with zero attached hydrogens (tertiary/aromatic N) is 2. The Morgan fingerprint density at radius 2 is 2.00 bits per heavy atom. The van der Waals surface area contributed by atoms with Crippen LogP contribution in [-0.4, -0.2) is 26.6 Å². The first-order chi connectivity index (χ1) is 13.4.